The molecule has 2 saturated heterocycles. The molecule has 0 saturated carbocycles. The van der Waals surface area contributed by atoms with Crippen LogP contribution in [-0.2, 0) is 21.4 Å². The maximum Gasteiger partial charge on any atom is 0.246 e. The monoisotopic (exact) mass is 553 g/mol. The number of benzene rings is 2. The third-order valence-corrected chi connectivity index (χ3v) is 9.30. The number of hydrogen-bond acceptors (Lipinski definition) is 8. The van der Waals surface area contributed by atoms with Crippen molar-refractivity contribution in [2.24, 2.45) is 5.92 Å². The highest BCUT2D eigenvalue weighted by Crippen LogP contribution is 2.32. The topological polar surface area (TPSA) is 118 Å². The molecule has 5 rings (SSSR count). The van der Waals surface area contributed by atoms with Crippen LogP contribution >= 0.6 is 0 Å². The predicted octanol–water partition coefficient (Wildman–Crippen LogP) is 4.08. The number of aryl methyl sites for hydroxylation is 1. The number of likely N-dealkylation sites (tertiary alicyclic amines) is 1. The first-order valence-corrected chi connectivity index (χ1v) is 14.9. The second-order valence-corrected chi connectivity index (χ2v) is 12.2. The molecule has 1 N–H and O–H groups in total. The van der Waals surface area contributed by atoms with Crippen LogP contribution in [0.5, 0.6) is 5.75 Å². The van der Waals surface area contributed by atoms with Crippen molar-refractivity contribution in [1.82, 2.24) is 19.3 Å². The normalized spacial score (nSPS) is 19.1. The molecule has 2 fully saturated rings. The highest BCUT2D eigenvalue weighted by atomic mass is 32.2. The number of ether oxygens (including phenoxy) is 1. The zero-order valence-electron chi connectivity index (χ0n) is 22.4. The van der Waals surface area contributed by atoms with Crippen LogP contribution in [-0.4, -0.2) is 67.0 Å². The number of hydrogen-bond donors (Lipinski definition) is 1. The number of piperidine rings is 2. The molecular formula is C28H35N5O5S. The van der Waals surface area contributed by atoms with Crippen molar-refractivity contribution >= 4 is 21.6 Å². The Hall–Kier alpha value is -3.28. The van der Waals surface area contributed by atoms with Gasteiger partial charge in [0, 0.05) is 30.9 Å². The molecule has 39 heavy (non-hydrogen) atoms. The van der Waals surface area contributed by atoms with E-state index in [9.17, 15) is 13.2 Å². The number of aromatic nitrogens is 2. The number of carbonyl (C=O) groups is 1. The predicted molar refractivity (Wildman–Crippen MR) is 147 cm³/mol. The van der Waals surface area contributed by atoms with E-state index in [0.29, 0.717) is 43.6 Å². The number of amides is 1. The summed E-state index contributed by atoms with van der Waals surface area (Å²) in [5.74, 6) is 0.937. The molecule has 3 heterocycles. The molecule has 1 amide bonds. The number of nitrogens with one attached hydrogen (secondary N) is 1. The first kappa shape index (κ1) is 27.3. The van der Waals surface area contributed by atoms with Gasteiger partial charge < -0.3 is 14.6 Å². The molecule has 0 bridgehead atoms. The summed E-state index contributed by atoms with van der Waals surface area (Å²) in [7, 11) is -2.28. The minimum atomic E-state index is -3.73. The minimum Gasteiger partial charge on any atom is -0.495 e. The van der Waals surface area contributed by atoms with Gasteiger partial charge in [-0.15, -0.1) is 0 Å². The van der Waals surface area contributed by atoms with Gasteiger partial charge in [0.25, 0.3) is 0 Å². The SMILES string of the molecule is COc1ccc(NC(=O)C2CCCN(Cc3nc(-c4ccc(C)cc4)no3)C2)cc1S(=O)(=O)N1CCCCC1. The first-order chi connectivity index (χ1) is 18.8. The minimum absolute atomic E-state index is 0.0794. The highest BCUT2D eigenvalue weighted by Gasteiger charge is 2.31. The Labute approximate surface area is 229 Å². The first-order valence-electron chi connectivity index (χ1n) is 13.4. The van der Waals surface area contributed by atoms with Gasteiger partial charge in [-0.05, 0) is 57.4 Å². The molecule has 0 radical (unpaired) electrons. The molecule has 10 nitrogen and oxygen atoms in total. The summed E-state index contributed by atoms with van der Waals surface area (Å²) in [4.78, 5) is 20.0. The molecule has 1 unspecified atom stereocenters. The summed E-state index contributed by atoms with van der Waals surface area (Å²) in [6.45, 7) is 4.85. The fraction of sp³-hybridized carbons (Fsp3) is 0.464. The van der Waals surface area contributed by atoms with Gasteiger partial charge in [-0.3, -0.25) is 9.69 Å². The van der Waals surface area contributed by atoms with Crippen LogP contribution in [0.15, 0.2) is 51.9 Å². The number of carbonyl (C=O) groups excluding carboxylic acids is 1. The van der Waals surface area contributed by atoms with Crippen molar-refractivity contribution in [2.75, 3.05) is 38.6 Å². The fourth-order valence-corrected chi connectivity index (χ4v) is 6.89. The van der Waals surface area contributed by atoms with Crippen molar-refractivity contribution in [3.63, 3.8) is 0 Å². The zero-order chi connectivity index (χ0) is 27.4. The van der Waals surface area contributed by atoms with E-state index in [1.165, 1.54) is 17.5 Å². The third kappa shape index (κ3) is 6.32. The number of anilines is 1. The van der Waals surface area contributed by atoms with Crippen LogP contribution < -0.4 is 10.1 Å². The lowest BCUT2D eigenvalue weighted by Gasteiger charge is -2.31. The van der Waals surface area contributed by atoms with Crippen molar-refractivity contribution < 1.29 is 22.5 Å². The Balaban J connectivity index is 1.24. The molecule has 0 spiro atoms. The smallest absolute Gasteiger partial charge is 0.246 e. The number of rotatable bonds is 8. The highest BCUT2D eigenvalue weighted by molar-refractivity contribution is 7.89. The Kier molecular flexibility index (Phi) is 8.29. The largest absolute Gasteiger partial charge is 0.495 e. The molecule has 2 aromatic carbocycles. The van der Waals surface area contributed by atoms with Crippen molar-refractivity contribution in [3.05, 3.63) is 53.9 Å². The van der Waals surface area contributed by atoms with Crippen LogP contribution in [0, 0.1) is 12.8 Å². The summed E-state index contributed by atoms with van der Waals surface area (Å²) >= 11 is 0. The molecular weight excluding hydrogens is 518 g/mol. The van der Waals surface area contributed by atoms with E-state index in [1.807, 2.05) is 31.2 Å². The molecule has 208 valence electrons. The molecule has 11 heteroatoms. The Morgan fingerprint density at radius 2 is 1.85 bits per heavy atom. The summed E-state index contributed by atoms with van der Waals surface area (Å²) < 4.78 is 39.0. The van der Waals surface area contributed by atoms with Crippen LogP contribution in [0.1, 0.15) is 43.6 Å². The van der Waals surface area contributed by atoms with Gasteiger partial charge in [0.15, 0.2) is 0 Å². The molecule has 2 aliphatic rings. The fourth-order valence-electron chi connectivity index (χ4n) is 5.19. The van der Waals surface area contributed by atoms with E-state index < -0.39 is 10.0 Å². The van der Waals surface area contributed by atoms with Gasteiger partial charge in [0.1, 0.15) is 10.6 Å². The standard InChI is InChI=1S/C28H35N5O5S/c1-20-8-10-21(11-9-20)27-30-26(38-31-27)19-32-14-6-7-22(18-32)28(34)29-23-12-13-24(37-2)25(17-23)39(35,36)33-15-4-3-5-16-33/h8-13,17,22H,3-7,14-16,18-19H2,1-2H3,(H,29,34). The molecule has 0 aliphatic carbocycles. The van der Waals surface area contributed by atoms with Crippen LogP contribution in [0.3, 0.4) is 0 Å². The zero-order valence-corrected chi connectivity index (χ0v) is 23.2. The lowest BCUT2D eigenvalue weighted by atomic mass is 9.97. The van der Waals surface area contributed by atoms with E-state index in [4.69, 9.17) is 9.26 Å². The van der Waals surface area contributed by atoms with Crippen LogP contribution in [0.25, 0.3) is 11.4 Å². The maximum atomic E-state index is 13.3. The van der Waals surface area contributed by atoms with Crippen LogP contribution in [0.4, 0.5) is 5.69 Å². The van der Waals surface area contributed by atoms with E-state index >= 15 is 0 Å². The summed E-state index contributed by atoms with van der Waals surface area (Å²) in [6.07, 6.45) is 4.31. The lowest BCUT2D eigenvalue weighted by Crippen LogP contribution is -2.40. The number of sulfonamides is 1. The van der Waals surface area contributed by atoms with Gasteiger partial charge in [-0.2, -0.15) is 9.29 Å². The summed E-state index contributed by atoms with van der Waals surface area (Å²) in [5.41, 5.74) is 2.50. The third-order valence-electron chi connectivity index (χ3n) is 7.38. The Morgan fingerprint density at radius 3 is 2.59 bits per heavy atom. The van der Waals surface area contributed by atoms with Gasteiger partial charge in [-0.25, -0.2) is 8.42 Å². The van der Waals surface area contributed by atoms with Gasteiger partial charge >= 0.3 is 0 Å². The average molecular weight is 554 g/mol. The van der Waals surface area contributed by atoms with Crippen LogP contribution in [0.2, 0.25) is 0 Å². The Morgan fingerprint density at radius 1 is 1.08 bits per heavy atom. The molecule has 1 aromatic heterocycles. The van der Waals surface area contributed by atoms with Crippen molar-refractivity contribution in [3.8, 4) is 17.1 Å². The van der Waals surface area contributed by atoms with E-state index in [2.05, 4.69) is 20.4 Å². The second-order valence-electron chi connectivity index (χ2n) is 10.3. The van der Waals surface area contributed by atoms with Gasteiger partial charge in [0.2, 0.25) is 27.6 Å². The number of nitrogens with zero attached hydrogens (tertiary/aromatic N) is 4. The second kappa shape index (κ2) is 11.8. The maximum absolute atomic E-state index is 13.3. The van der Waals surface area contributed by atoms with Gasteiger partial charge in [-0.1, -0.05) is 41.4 Å². The summed E-state index contributed by atoms with van der Waals surface area (Å²) in [6, 6.07) is 12.7. The average Bonchev–Trinajstić information content (AvgIpc) is 3.42. The quantitative estimate of drug-likeness (QED) is 0.443. The van der Waals surface area contributed by atoms with Crippen molar-refractivity contribution in [1.29, 1.82) is 0 Å². The summed E-state index contributed by atoms with van der Waals surface area (Å²) in [5, 5.41) is 7.05. The van der Waals surface area contributed by atoms with E-state index in [-0.39, 0.29) is 22.5 Å². The Bertz CT molecular complexity index is 1400. The molecule has 3 aromatic rings. The van der Waals surface area contributed by atoms with E-state index in [1.54, 1.807) is 12.1 Å². The van der Waals surface area contributed by atoms with Crippen molar-refractivity contribution in [2.45, 2.75) is 50.5 Å². The molecule has 1 atom stereocenters. The van der Waals surface area contributed by atoms with E-state index in [0.717, 1.165) is 49.8 Å². The number of methoxy groups -OCH3 is 1. The lowest BCUT2D eigenvalue weighted by molar-refractivity contribution is -0.121. The van der Waals surface area contributed by atoms with Gasteiger partial charge in [0.05, 0.1) is 19.6 Å². The molecule has 2 aliphatic heterocycles.